The molecule has 0 bridgehead atoms. The maximum atomic E-state index is 12.2. The minimum atomic E-state index is 0.0935. The number of aromatic nitrogens is 1. The molecule has 23 heavy (non-hydrogen) atoms. The van der Waals surface area contributed by atoms with Gasteiger partial charge < -0.3 is 5.32 Å². The smallest absolute Gasteiger partial charge is 0.234 e. The van der Waals surface area contributed by atoms with Crippen LogP contribution in [-0.4, -0.2) is 35.9 Å². The van der Waals surface area contributed by atoms with Crippen LogP contribution in [0.25, 0.3) is 0 Å². The zero-order valence-electron chi connectivity index (χ0n) is 13.7. The fraction of sp³-hybridized carbons (Fsp3) is 0.444. The molecule has 2 aromatic rings. The van der Waals surface area contributed by atoms with Crippen molar-refractivity contribution in [3.8, 4) is 0 Å². The number of likely N-dealkylation sites (N-methyl/N-ethyl adjacent to an activating group) is 1. The number of thiazole rings is 1. The van der Waals surface area contributed by atoms with Gasteiger partial charge in [-0.05, 0) is 32.4 Å². The summed E-state index contributed by atoms with van der Waals surface area (Å²) in [7, 11) is 1.97. The van der Waals surface area contributed by atoms with Gasteiger partial charge in [0.25, 0.3) is 0 Å². The Morgan fingerprint density at radius 2 is 2.09 bits per heavy atom. The van der Waals surface area contributed by atoms with Crippen LogP contribution in [0.15, 0.2) is 36.5 Å². The fourth-order valence-electron chi connectivity index (χ4n) is 2.88. The summed E-state index contributed by atoms with van der Waals surface area (Å²) < 4.78 is 0. The topological polar surface area (TPSA) is 45.2 Å². The standard InChI is InChI=1S/C18H23N3OS/c1-14-19-10-16(23-14)11-21(2)12-17(22)20-13-18(8-9-18)15-6-4-3-5-7-15/h3-7,10H,8-9,11-13H2,1-2H3,(H,20,22). The summed E-state index contributed by atoms with van der Waals surface area (Å²) in [5, 5.41) is 4.18. The first-order valence-corrected chi connectivity index (χ1v) is 8.81. The molecule has 1 saturated carbocycles. The van der Waals surface area contributed by atoms with Gasteiger partial charge >= 0.3 is 0 Å². The van der Waals surface area contributed by atoms with Gasteiger partial charge in [-0.2, -0.15) is 0 Å². The summed E-state index contributed by atoms with van der Waals surface area (Å²) >= 11 is 1.68. The molecule has 0 atom stereocenters. The monoisotopic (exact) mass is 329 g/mol. The molecule has 1 aromatic heterocycles. The third kappa shape index (κ3) is 4.18. The lowest BCUT2D eigenvalue weighted by molar-refractivity contribution is -0.122. The molecule has 1 fully saturated rings. The number of amides is 1. The van der Waals surface area contributed by atoms with E-state index in [0.29, 0.717) is 6.54 Å². The maximum Gasteiger partial charge on any atom is 0.234 e. The minimum Gasteiger partial charge on any atom is -0.354 e. The first-order valence-electron chi connectivity index (χ1n) is 7.99. The summed E-state index contributed by atoms with van der Waals surface area (Å²) in [4.78, 5) is 19.7. The third-order valence-electron chi connectivity index (χ3n) is 4.37. The summed E-state index contributed by atoms with van der Waals surface area (Å²) in [6, 6.07) is 10.5. The van der Waals surface area contributed by atoms with E-state index in [1.807, 2.05) is 31.1 Å². The fourth-order valence-corrected chi connectivity index (χ4v) is 3.75. The van der Waals surface area contributed by atoms with E-state index in [0.717, 1.165) is 30.9 Å². The van der Waals surface area contributed by atoms with Crippen LogP contribution in [-0.2, 0) is 16.8 Å². The lowest BCUT2D eigenvalue weighted by atomic mass is 9.96. The molecule has 0 saturated heterocycles. The Morgan fingerprint density at radius 1 is 1.35 bits per heavy atom. The molecular weight excluding hydrogens is 306 g/mol. The molecule has 3 rings (SSSR count). The predicted octanol–water partition coefficient (Wildman–Crippen LogP) is 2.73. The number of nitrogens with one attached hydrogen (secondary N) is 1. The van der Waals surface area contributed by atoms with Gasteiger partial charge in [0.1, 0.15) is 0 Å². The van der Waals surface area contributed by atoms with Crippen LogP contribution in [0.3, 0.4) is 0 Å². The largest absolute Gasteiger partial charge is 0.354 e. The molecule has 122 valence electrons. The summed E-state index contributed by atoms with van der Waals surface area (Å²) in [5.41, 5.74) is 1.51. The molecule has 1 aliphatic rings. The number of carbonyl (C=O) groups is 1. The molecule has 0 spiro atoms. The number of rotatable bonds is 7. The Balaban J connectivity index is 1.46. The second-order valence-corrected chi connectivity index (χ2v) is 7.76. The molecule has 1 heterocycles. The van der Waals surface area contributed by atoms with E-state index in [-0.39, 0.29) is 11.3 Å². The predicted molar refractivity (Wildman–Crippen MR) is 93.5 cm³/mol. The molecule has 0 unspecified atom stereocenters. The van der Waals surface area contributed by atoms with Gasteiger partial charge in [-0.3, -0.25) is 9.69 Å². The van der Waals surface area contributed by atoms with Gasteiger partial charge in [0.05, 0.1) is 11.6 Å². The van der Waals surface area contributed by atoms with Crippen molar-refractivity contribution in [2.24, 2.45) is 0 Å². The Labute approximate surface area is 141 Å². The SMILES string of the molecule is Cc1ncc(CN(C)CC(=O)NCC2(c3ccccc3)CC2)s1. The molecule has 1 amide bonds. The van der Waals surface area contributed by atoms with Gasteiger partial charge in [-0.25, -0.2) is 4.98 Å². The molecule has 0 radical (unpaired) electrons. The second kappa shape index (κ2) is 6.81. The second-order valence-electron chi connectivity index (χ2n) is 6.44. The molecule has 5 heteroatoms. The number of benzene rings is 1. The zero-order valence-corrected chi connectivity index (χ0v) is 14.5. The van der Waals surface area contributed by atoms with Crippen LogP contribution in [0.4, 0.5) is 0 Å². The summed E-state index contributed by atoms with van der Waals surface area (Å²) in [6.07, 6.45) is 4.21. The highest BCUT2D eigenvalue weighted by Gasteiger charge is 2.44. The lowest BCUT2D eigenvalue weighted by Crippen LogP contribution is -2.38. The van der Waals surface area contributed by atoms with Crippen molar-refractivity contribution in [2.75, 3.05) is 20.1 Å². The lowest BCUT2D eigenvalue weighted by Gasteiger charge is -2.19. The Morgan fingerprint density at radius 3 is 2.70 bits per heavy atom. The first kappa shape index (κ1) is 16.1. The Hall–Kier alpha value is -1.72. The van der Waals surface area contributed by atoms with E-state index in [9.17, 15) is 4.79 Å². The van der Waals surface area contributed by atoms with Crippen molar-refractivity contribution in [3.05, 3.63) is 52.0 Å². The van der Waals surface area contributed by atoms with Gasteiger partial charge in [0, 0.05) is 29.6 Å². The zero-order chi connectivity index (χ0) is 16.3. The van der Waals surface area contributed by atoms with E-state index in [1.165, 1.54) is 10.4 Å². The Bertz CT molecular complexity index is 664. The Kier molecular flexibility index (Phi) is 4.78. The number of carbonyl (C=O) groups excluding carboxylic acids is 1. The van der Waals surface area contributed by atoms with E-state index >= 15 is 0 Å². The molecule has 1 N–H and O–H groups in total. The van der Waals surface area contributed by atoms with Crippen LogP contribution in [0.5, 0.6) is 0 Å². The molecule has 1 aromatic carbocycles. The highest BCUT2D eigenvalue weighted by molar-refractivity contribution is 7.11. The van der Waals surface area contributed by atoms with E-state index < -0.39 is 0 Å². The summed E-state index contributed by atoms with van der Waals surface area (Å²) in [6.45, 7) is 3.92. The van der Waals surface area contributed by atoms with E-state index in [2.05, 4.69) is 34.6 Å². The molecule has 4 nitrogen and oxygen atoms in total. The highest BCUT2D eigenvalue weighted by atomic mass is 32.1. The van der Waals surface area contributed by atoms with E-state index in [1.54, 1.807) is 11.3 Å². The van der Waals surface area contributed by atoms with Crippen molar-refractivity contribution < 1.29 is 4.79 Å². The third-order valence-corrected chi connectivity index (χ3v) is 5.27. The van der Waals surface area contributed by atoms with E-state index in [4.69, 9.17) is 0 Å². The molecular formula is C18H23N3OS. The van der Waals surface area contributed by atoms with Crippen LogP contribution in [0, 0.1) is 6.92 Å². The van der Waals surface area contributed by atoms with Crippen molar-refractivity contribution in [3.63, 3.8) is 0 Å². The average Bonchev–Trinajstić information content (AvgIpc) is 3.23. The quantitative estimate of drug-likeness (QED) is 0.849. The van der Waals surface area contributed by atoms with Crippen molar-refractivity contribution in [1.29, 1.82) is 0 Å². The van der Waals surface area contributed by atoms with Crippen LogP contribution in [0.2, 0.25) is 0 Å². The molecule has 1 aliphatic carbocycles. The van der Waals surface area contributed by atoms with Crippen molar-refractivity contribution >= 4 is 17.2 Å². The number of hydrogen-bond acceptors (Lipinski definition) is 4. The van der Waals surface area contributed by atoms with Gasteiger partial charge in [0.15, 0.2) is 0 Å². The van der Waals surface area contributed by atoms with Crippen LogP contribution < -0.4 is 5.32 Å². The number of nitrogens with zero attached hydrogens (tertiary/aromatic N) is 2. The average molecular weight is 329 g/mol. The molecule has 0 aliphatic heterocycles. The highest BCUT2D eigenvalue weighted by Crippen LogP contribution is 2.47. The van der Waals surface area contributed by atoms with Gasteiger partial charge in [-0.1, -0.05) is 30.3 Å². The van der Waals surface area contributed by atoms with Crippen molar-refractivity contribution in [2.45, 2.75) is 31.7 Å². The van der Waals surface area contributed by atoms with Gasteiger partial charge in [-0.15, -0.1) is 11.3 Å². The number of hydrogen-bond donors (Lipinski definition) is 1. The number of aryl methyl sites for hydroxylation is 1. The van der Waals surface area contributed by atoms with Crippen molar-refractivity contribution in [1.82, 2.24) is 15.2 Å². The normalized spacial score (nSPS) is 15.6. The first-order chi connectivity index (χ1) is 11.1. The van der Waals surface area contributed by atoms with Gasteiger partial charge in [0.2, 0.25) is 5.91 Å². The van der Waals surface area contributed by atoms with Crippen LogP contribution in [0.1, 0.15) is 28.3 Å². The minimum absolute atomic E-state index is 0.0935. The summed E-state index contributed by atoms with van der Waals surface area (Å²) in [5.74, 6) is 0.0935. The van der Waals surface area contributed by atoms with Crippen LogP contribution >= 0.6 is 11.3 Å². The maximum absolute atomic E-state index is 12.2.